The number of pyridine rings is 1. The van der Waals surface area contributed by atoms with E-state index in [2.05, 4.69) is 27.0 Å². The first kappa shape index (κ1) is 20.5. The van der Waals surface area contributed by atoms with E-state index in [1.165, 1.54) is 0 Å². The number of aryl methyl sites for hydroxylation is 1. The number of carbonyl (C=O) groups excluding carboxylic acids is 1. The molecule has 3 rings (SSSR count). The molecule has 148 valence electrons. The second-order valence-electron chi connectivity index (χ2n) is 6.24. The lowest BCUT2D eigenvalue weighted by Gasteiger charge is -2.19. The lowest BCUT2D eigenvalue weighted by molar-refractivity contribution is -0.118. The van der Waals surface area contributed by atoms with Crippen LogP contribution >= 0.6 is 23.4 Å². The Morgan fingerprint density at radius 2 is 2.07 bits per heavy atom. The highest BCUT2D eigenvalue weighted by atomic mass is 35.5. The summed E-state index contributed by atoms with van der Waals surface area (Å²) < 4.78 is 3.82. The fourth-order valence-corrected chi connectivity index (χ4v) is 3.98. The number of anilines is 1. The molecule has 8 heteroatoms. The molecule has 0 saturated carbocycles. The molecule has 1 amide bonds. The summed E-state index contributed by atoms with van der Waals surface area (Å²) in [4.78, 5) is 18.5. The molecule has 0 N–H and O–H groups in total. The zero-order chi connectivity index (χ0) is 19.8. The molecule has 3 heterocycles. The van der Waals surface area contributed by atoms with Crippen molar-refractivity contribution in [1.29, 1.82) is 0 Å². The number of rotatable bonds is 10. The Morgan fingerprint density at radius 1 is 1.25 bits per heavy atom. The lowest BCUT2D eigenvalue weighted by atomic mass is 10.3. The third-order valence-corrected chi connectivity index (χ3v) is 5.64. The van der Waals surface area contributed by atoms with Gasteiger partial charge in [0.2, 0.25) is 5.91 Å². The van der Waals surface area contributed by atoms with Crippen molar-refractivity contribution in [2.75, 3.05) is 23.0 Å². The van der Waals surface area contributed by atoms with Crippen LogP contribution in [0.4, 0.5) is 5.69 Å². The topological polar surface area (TPSA) is 56.0 Å². The van der Waals surface area contributed by atoms with Gasteiger partial charge in [0.25, 0.3) is 0 Å². The zero-order valence-electron chi connectivity index (χ0n) is 15.9. The van der Waals surface area contributed by atoms with Crippen LogP contribution in [0.15, 0.2) is 55.2 Å². The standard InChI is InChI=1S/C20H24ClN5OS/c1-2-25(18-16-26(23-20(18)21)17-7-5-9-22-15-17)19(27)8-14-28-13-6-12-24-10-3-4-11-24/h3-5,7,9-11,15-16H,2,6,8,12-14H2,1H3. The van der Waals surface area contributed by atoms with Gasteiger partial charge in [0, 0.05) is 43.9 Å². The fourth-order valence-electron chi connectivity index (χ4n) is 2.89. The van der Waals surface area contributed by atoms with Crippen molar-refractivity contribution in [3.05, 3.63) is 60.4 Å². The molecule has 3 aromatic heterocycles. The number of nitrogens with zero attached hydrogens (tertiary/aromatic N) is 5. The van der Waals surface area contributed by atoms with Gasteiger partial charge in [-0.1, -0.05) is 11.6 Å². The summed E-state index contributed by atoms with van der Waals surface area (Å²) in [6.07, 6.45) is 10.9. The minimum absolute atomic E-state index is 0.0630. The molecular formula is C20H24ClN5OS. The van der Waals surface area contributed by atoms with Gasteiger partial charge in [0.15, 0.2) is 5.15 Å². The van der Waals surface area contributed by atoms with E-state index in [0.29, 0.717) is 23.8 Å². The van der Waals surface area contributed by atoms with Crippen molar-refractivity contribution in [3.63, 3.8) is 0 Å². The van der Waals surface area contributed by atoms with Crippen molar-refractivity contribution < 1.29 is 4.79 Å². The highest BCUT2D eigenvalue weighted by molar-refractivity contribution is 7.99. The highest BCUT2D eigenvalue weighted by Gasteiger charge is 2.20. The van der Waals surface area contributed by atoms with Crippen LogP contribution in [0.2, 0.25) is 5.15 Å². The van der Waals surface area contributed by atoms with Gasteiger partial charge in [-0.05, 0) is 43.4 Å². The third-order valence-electron chi connectivity index (χ3n) is 4.30. The average Bonchev–Trinajstić information content (AvgIpc) is 3.36. The van der Waals surface area contributed by atoms with E-state index < -0.39 is 0 Å². The summed E-state index contributed by atoms with van der Waals surface area (Å²) in [6, 6.07) is 7.79. The molecule has 0 aliphatic carbocycles. The van der Waals surface area contributed by atoms with Crippen LogP contribution in [0.1, 0.15) is 19.8 Å². The Morgan fingerprint density at radius 3 is 2.79 bits per heavy atom. The maximum absolute atomic E-state index is 12.7. The van der Waals surface area contributed by atoms with Crippen LogP contribution in [0.25, 0.3) is 5.69 Å². The number of hydrogen-bond acceptors (Lipinski definition) is 4. The van der Waals surface area contributed by atoms with Gasteiger partial charge in [0.1, 0.15) is 5.69 Å². The summed E-state index contributed by atoms with van der Waals surface area (Å²) in [7, 11) is 0. The van der Waals surface area contributed by atoms with Gasteiger partial charge in [-0.25, -0.2) is 4.68 Å². The number of aromatic nitrogens is 4. The van der Waals surface area contributed by atoms with Crippen LogP contribution in [-0.4, -0.2) is 43.3 Å². The molecule has 0 saturated heterocycles. The number of halogens is 1. The molecule has 0 fully saturated rings. The summed E-state index contributed by atoms with van der Waals surface area (Å²) in [6.45, 7) is 3.51. The number of amides is 1. The average molecular weight is 418 g/mol. The summed E-state index contributed by atoms with van der Waals surface area (Å²) in [5.74, 6) is 1.90. The third kappa shape index (κ3) is 5.39. The van der Waals surface area contributed by atoms with E-state index in [4.69, 9.17) is 11.6 Å². The maximum Gasteiger partial charge on any atom is 0.227 e. The molecule has 0 spiro atoms. The minimum Gasteiger partial charge on any atom is -0.354 e. The van der Waals surface area contributed by atoms with Gasteiger partial charge >= 0.3 is 0 Å². The smallest absolute Gasteiger partial charge is 0.227 e. The fraction of sp³-hybridized carbons (Fsp3) is 0.350. The molecule has 6 nitrogen and oxygen atoms in total. The van der Waals surface area contributed by atoms with Gasteiger partial charge in [-0.15, -0.1) is 0 Å². The SMILES string of the molecule is CCN(C(=O)CCSCCCn1cccc1)c1cn(-c2cccnc2)nc1Cl. The molecule has 0 aliphatic rings. The number of hydrogen-bond donors (Lipinski definition) is 0. The van der Waals surface area contributed by atoms with Crippen molar-refractivity contribution in [2.24, 2.45) is 0 Å². The summed E-state index contributed by atoms with van der Waals surface area (Å²) >= 11 is 8.12. The molecule has 0 aliphatic heterocycles. The van der Waals surface area contributed by atoms with Gasteiger partial charge in [0.05, 0.1) is 18.1 Å². The first-order chi connectivity index (χ1) is 13.7. The quantitative estimate of drug-likeness (QED) is 0.462. The molecule has 28 heavy (non-hydrogen) atoms. The van der Waals surface area contributed by atoms with Crippen LogP contribution in [-0.2, 0) is 11.3 Å². The Bertz CT molecular complexity index is 866. The van der Waals surface area contributed by atoms with Gasteiger partial charge < -0.3 is 9.47 Å². The first-order valence-corrected chi connectivity index (χ1v) is 10.9. The van der Waals surface area contributed by atoms with E-state index >= 15 is 0 Å². The molecule has 0 bridgehead atoms. The van der Waals surface area contributed by atoms with Crippen molar-refractivity contribution >= 4 is 35.0 Å². The van der Waals surface area contributed by atoms with E-state index in [0.717, 1.165) is 30.2 Å². The second-order valence-corrected chi connectivity index (χ2v) is 7.82. The van der Waals surface area contributed by atoms with E-state index in [9.17, 15) is 4.79 Å². The normalized spacial score (nSPS) is 10.9. The summed E-state index contributed by atoms with van der Waals surface area (Å²) in [5, 5.41) is 4.64. The van der Waals surface area contributed by atoms with Crippen LogP contribution in [0.3, 0.4) is 0 Å². The maximum atomic E-state index is 12.7. The predicted molar refractivity (Wildman–Crippen MR) is 115 cm³/mol. The molecule has 3 aromatic rings. The minimum atomic E-state index is 0.0630. The van der Waals surface area contributed by atoms with E-state index in [1.807, 2.05) is 43.0 Å². The van der Waals surface area contributed by atoms with E-state index in [-0.39, 0.29) is 5.91 Å². The Balaban J connectivity index is 1.50. The van der Waals surface area contributed by atoms with Crippen molar-refractivity contribution in [2.45, 2.75) is 26.3 Å². The van der Waals surface area contributed by atoms with Crippen LogP contribution < -0.4 is 4.90 Å². The largest absolute Gasteiger partial charge is 0.354 e. The van der Waals surface area contributed by atoms with Gasteiger partial charge in [-0.2, -0.15) is 16.9 Å². The number of thioether (sulfide) groups is 1. The van der Waals surface area contributed by atoms with Gasteiger partial charge in [-0.3, -0.25) is 9.78 Å². The Kier molecular flexibility index (Phi) is 7.56. The first-order valence-electron chi connectivity index (χ1n) is 9.33. The molecular weight excluding hydrogens is 394 g/mol. The predicted octanol–water partition coefficient (Wildman–Crippen LogP) is 4.29. The van der Waals surface area contributed by atoms with Crippen LogP contribution in [0.5, 0.6) is 0 Å². The Hall–Kier alpha value is -2.25. The second kappa shape index (κ2) is 10.3. The lowest BCUT2D eigenvalue weighted by Crippen LogP contribution is -2.30. The molecule has 0 radical (unpaired) electrons. The highest BCUT2D eigenvalue weighted by Crippen LogP contribution is 2.26. The molecule has 0 aromatic carbocycles. The zero-order valence-corrected chi connectivity index (χ0v) is 17.4. The van der Waals surface area contributed by atoms with Crippen molar-refractivity contribution in [3.8, 4) is 5.69 Å². The van der Waals surface area contributed by atoms with E-state index in [1.54, 1.807) is 28.2 Å². The molecule has 0 atom stereocenters. The van der Waals surface area contributed by atoms with Crippen molar-refractivity contribution in [1.82, 2.24) is 19.3 Å². The molecule has 0 unspecified atom stereocenters. The van der Waals surface area contributed by atoms with Crippen LogP contribution in [0, 0.1) is 0 Å². The summed E-state index contributed by atoms with van der Waals surface area (Å²) in [5.41, 5.74) is 1.44. The number of carbonyl (C=O) groups is 1. The monoisotopic (exact) mass is 417 g/mol. The Labute approximate surface area is 174 Å².